The number of nitrogens with zero attached hydrogens (tertiary/aromatic N) is 3. The average molecular weight is 531 g/mol. The number of amides is 1. The molecular formula is C17H11Br2ClN4O4. The number of aromatic nitrogens is 2. The molecule has 0 aliphatic rings. The van der Waals surface area contributed by atoms with E-state index in [1.807, 2.05) is 0 Å². The molecule has 0 atom stereocenters. The lowest BCUT2D eigenvalue weighted by molar-refractivity contribution is -0.385. The van der Waals surface area contributed by atoms with Crippen molar-refractivity contribution in [2.24, 2.45) is 0 Å². The van der Waals surface area contributed by atoms with E-state index in [1.165, 1.54) is 22.9 Å². The van der Waals surface area contributed by atoms with Crippen molar-refractivity contribution >= 4 is 60.7 Å². The Labute approximate surface area is 180 Å². The molecule has 1 aromatic heterocycles. The summed E-state index contributed by atoms with van der Waals surface area (Å²) in [7, 11) is 0. The number of para-hydroxylation sites is 1. The zero-order valence-electron chi connectivity index (χ0n) is 13.9. The molecule has 28 heavy (non-hydrogen) atoms. The van der Waals surface area contributed by atoms with Crippen molar-refractivity contribution in [3.05, 3.63) is 78.4 Å². The molecule has 11 heteroatoms. The van der Waals surface area contributed by atoms with Gasteiger partial charge in [-0.05, 0) is 50.1 Å². The van der Waals surface area contributed by atoms with E-state index >= 15 is 0 Å². The van der Waals surface area contributed by atoms with Gasteiger partial charge < -0.3 is 10.1 Å². The zero-order valence-corrected chi connectivity index (χ0v) is 17.9. The van der Waals surface area contributed by atoms with E-state index in [4.69, 9.17) is 16.3 Å². The molecule has 1 heterocycles. The molecule has 8 nitrogen and oxygen atoms in total. The summed E-state index contributed by atoms with van der Waals surface area (Å²) in [6.07, 6.45) is 1.59. The molecule has 0 fully saturated rings. The molecule has 3 rings (SSSR count). The Morgan fingerprint density at radius 1 is 1.25 bits per heavy atom. The number of non-ortho nitro benzene ring substituents is 1. The Kier molecular flexibility index (Phi) is 6.32. The van der Waals surface area contributed by atoms with Gasteiger partial charge in [-0.25, -0.2) is 4.68 Å². The molecule has 3 aromatic rings. The fraction of sp³-hybridized carbons (Fsp3) is 0.0588. The highest BCUT2D eigenvalue weighted by atomic mass is 79.9. The fourth-order valence-electron chi connectivity index (χ4n) is 2.21. The van der Waals surface area contributed by atoms with Crippen LogP contribution in [0.5, 0.6) is 5.75 Å². The smallest absolute Gasteiger partial charge is 0.276 e. The number of anilines is 1. The quantitative estimate of drug-likeness (QED) is 0.346. The topological polar surface area (TPSA) is 99.3 Å². The van der Waals surface area contributed by atoms with Crippen LogP contribution in [0.2, 0.25) is 5.02 Å². The molecular weight excluding hydrogens is 519 g/mol. The molecule has 0 aliphatic heterocycles. The third kappa shape index (κ3) is 4.70. The molecule has 0 saturated heterocycles. The maximum absolute atomic E-state index is 12.5. The summed E-state index contributed by atoms with van der Waals surface area (Å²) in [6, 6.07) is 11.1. The van der Waals surface area contributed by atoms with Crippen molar-refractivity contribution in [2.75, 3.05) is 5.32 Å². The molecule has 0 radical (unpaired) electrons. The monoisotopic (exact) mass is 528 g/mol. The van der Waals surface area contributed by atoms with Gasteiger partial charge in [0.25, 0.3) is 11.6 Å². The number of ether oxygens (including phenoxy) is 1. The largest absolute Gasteiger partial charge is 0.470 e. The molecule has 0 bridgehead atoms. The van der Waals surface area contributed by atoms with Crippen molar-refractivity contribution in [3.63, 3.8) is 0 Å². The first-order valence-electron chi connectivity index (χ1n) is 7.70. The summed E-state index contributed by atoms with van der Waals surface area (Å²) >= 11 is 12.5. The normalized spacial score (nSPS) is 10.5. The van der Waals surface area contributed by atoms with Gasteiger partial charge in [0.05, 0.1) is 15.6 Å². The van der Waals surface area contributed by atoms with Gasteiger partial charge in [0.1, 0.15) is 5.75 Å². The number of carbonyl (C=O) groups excluding carboxylic acids is 1. The maximum atomic E-state index is 12.5. The Hall–Kier alpha value is -2.43. The first-order valence-corrected chi connectivity index (χ1v) is 9.67. The van der Waals surface area contributed by atoms with Gasteiger partial charge >= 0.3 is 0 Å². The lowest BCUT2D eigenvalue weighted by atomic mass is 10.2. The minimum absolute atomic E-state index is 0.0714. The lowest BCUT2D eigenvalue weighted by Gasteiger charge is -2.09. The number of rotatable bonds is 6. The van der Waals surface area contributed by atoms with Crippen LogP contribution in [0.15, 0.2) is 57.6 Å². The fourth-order valence-corrected chi connectivity index (χ4v) is 3.77. The van der Waals surface area contributed by atoms with E-state index in [0.717, 1.165) is 0 Å². The second kappa shape index (κ2) is 8.72. The number of nitro benzene ring substituents is 1. The minimum Gasteiger partial charge on any atom is -0.470 e. The predicted octanol–water partition coefficient (Wildman–Crippen LogP) is 5.26. The van der Waals surface area contributed by atoms with Gasteiger partial charge in [-0.15, -0.1) is 0 Å². The molecule has 1 amide bonds. The van der Waals surface area contributed by atoms with Gasteiger partial charge in [-0.2, -0.15) is 5.10 Å². The Bertz CT molecular complexity index is 1030. The number of carbonyl (C=O) groups is 1. The zero-order chi connectivity index (χ0) is 20.3. The molecule has 0 saturated carbocycles. The van der Waals surface area contributed by atoms with Gasteiger partial charge in [0, 0.05) is 27.3 Å². The van der Waals surface area contributed by atoms with Crippen LogP contribution in [0.1, 0.15) is 10.5 Å². The van der Waals surface area contributed by atoms with Crippen LogP contribution in [0, 0.1) is 10.1 Å². The van der Waals surface area contributed by atoms with Crippen molar-refractivity contribution in [1.82, 2.24) is 9.78 Å². The third-order valence-electron chi connectivity index (χ3n) is 3.54. The van der Waals surface area contributed by atoms with Crippen molar-refractivity contribution in [1.29, 1.82) is 0 Å². The molecule has 144 valence electrons. The van der Waals surface area contributed by atoms with E-state index in [1.54, 1.807) is 30.5 Å². The highest BCUT2D eigenvalue weighted by Crippen LogP contribution is 2.35. The summed E-state index contributed by atoms with van der Waals surface area (Å²) in [5.41, 5.74) is 0.398. The molecule has 0 aliphatic carbocycles. The van der Waals surface area contributed by atoms with E-state index in [0.29, 0.717) is 25.4 Å². The number of halogens is 3. The highest BCUT2D eigenvalue weighted by Gasteiger charge is 2.18. The second-order valence-corrected chi connectivity index (χ2v) is 7.56. The van der Waals surface area contributed by atoms with Crippen LogP contribution in [-0.4, -0.2) is 20.6 Å². The van der Waals surface area contributed by atoms with E-state index in [-0.39, 0.29) is 18.1 Å². The maximum Gasteiger partial charge on any atom is 0.276 e. The Morgan fingerprint density at radius 3 is 2.57 bits per heavy atom. The molecule has 1 N–H and O–H groups in total. The van der Waals surface area contributed by atoms with Crippen molar-refractivity contribution in [3.8, 4) is 5.75 Å². The van der Waals surface area contributed by atoms with Crippen molar-refractivity contribution < 1.29 is 14.5 Å². The highest BCUT2D eigenvalue weighted by molar-refractivity contribution is 9.11. The van der Waals surface area contributed by atoms with Crippen LogP contribution in [0.4, 0.5) is 11.4 Å². The number of hydrogen-bond acceptors (Lipinski definition) is 5. The summed E-state index contributed by atoms with van der Waals surface area (Å²) in [5, 5.41) is 18.2. The predicted molar refractivity (Wildman–Crippen MR) is 111 cm³/mol. The third-order valence-corrected chi connectivity index (χ3v) is 5.10. The van der Waals surface area contributed by atoms with Crippen LogP contribution in [0.3, 0.4) is 0 Å². The SMILES string of the molecule is O=C(Nc1c(Br)cc([N+](=O)[O-])cc1Br)c1ccn(COc2ccccc2Cl)n1. The van der Waals surface area contributed by atoms with Gasteiger partial charge in [0.2, 0.25) is 0 Å². The average Bonchev–Trinajstić information content (AvgIpc) is 3.13. The number of benzene rings is 2. The molecule has 0 spiro atoms. The molecule has 0 unspecified atom stereocenters. The standard InChI is InChI=1S/C17H11Br2ClN4O4/c18-11-7-10(24(26)27)8-12(19)16(11)21-17(25)14-5-6-23(22-14)9-28-15-4-2-1-3-13(15)20/h1-8H,9H2,(H,21,25). The summed E-state index contributed by atoms with van der Waals surface area (Å²) in [5.74, 6) is 0.0242. The Balaban J connectivity index is 1.69. The van der Waals surface area contributed by atoms with Crippen LogP contribution < -0.4 is 10.1 Å². The van der Waals surface area contributed by atoms with E-state index in [2.05, 4.69) is 42.3 Å². The summed E-state index contributed by atoms with van der Waals surface area (Å²) in [6.45, 7) is 0.0714. The number of nitro groups is 1. The van der Waals surface area contributed by atoms with Gasteiger partial charge in [-0.1, -0.05) is 23.7 Å². The summed E-state index contributed by atoms with van der Waals surface area (Å²) in [4.78, 5) is 22.8. The van der Waals surface area contributed by atoms with Gasteiger partial charge in [0.15, 0.2) is 12.4 Å². The van der Waals surface area contributed by atoms with E-state index < -0.39 is 10.8 Å². The summed E-state index contributed by atoms with van der Waals surface area (Å²) < 4.78 is 7.74. The number of hydrogen-bond donors (Lipinski definition) is 1. The first kappa shape index (κ1) is 20.3. The second-order valence-electron chi connectivity index (χ2n) is 5.44. The number of nitrogens with one attached hydrogen (secondary N) is 1. The first-order chi connectivity index (χ1) is 13.3. The Morgan fingerprint density at radius 2 is 1.93 bits per heavy atom. The van der Waals surface area contributed by atoms with Crippen molar-refractivity contribution in [2.45, 2.75) is 6.73 Å². The van der Waals surface area contributed by atoms with Gasteiger partial charge in [-0.3, -0.25) is 14.9 Å². The lowest BCUT2D eigenvalue weighted by Crippen LogP contribution is -2.15. The van der Waals surface area contributed by atoms with E-state index in [9.17, 15) is 14.9 Å². The van der Waals surface area contributed by atoms with Crippen LogP contribution in [0.25, 0.3) is 0 Å². The van der Waals surface area contributed by atoms with Crippen LogP contribution >= 0.6 is 43.5 Å². The van der Waals surface area contributed by atoms with Crippen LogP contribution in [-0.2, 0) is 6.73 Å². The minimum atomic E-state index is -0.526. The molecule has 2 aromatic carbocycles.